The molecule has 3 nitrogen and oxygen atoms in total. The third kappa shape index (κ3) is 2.85. The van der Waals surface area contributed by atoms with Crippen molar-refractivity contribution in [1.82, 2.24) is 10.3 Å². The highest BCUT2D eigenvalue weighted by Crippen LogP contribution is 2.28. The normalized spacial score (nSPS) is 9.94. The largest absolute Gasteiger partial charge is 0.355 e. The van der Waals surface area contributed by atoms with Gasteiger partial charge in [0.1, 0.15) is 5.03 Å². The van der Waals surface area contributed by atoms with Gasteiger partial charge in [0.2, 0.25) is 0 Å². The number of nitrogens with one attached hydrogen (secondary N) is 1. The second kappa shape index (κ2) is 5.50. The van der Waals surface area contributed by atoms with Gasteiger partial charge in [0.15, 0.2) is 0 Å². The van der Waals surface area contributed by atoms with Crippen LogP contribution in [0.1, 0.15) is 10.4 Å². The molecule has 0 unspecified atom stereocenters. The zero-order valence-corrected chi connectivity index (χ0v) is 10.2. The van der Waals surface area contributed by atoms with Crippen LogP contribution in [0.4, 0.5) is 0 Å². The van der Waals surface area contributed by atoms with Gasteiger partial charge in [-0.3, -0.25) is 4.79 Å². The minimum Gasteiger partial charge on any atom is -0.355 e. The SMILES string of the molecule is CNC(=O)c1cccnc1Sc1ccccc1. The Morgan fingerprint density at radius 1 is 1.18 bits per heavy atom. The molecule has 1 N–H and O–H groups in total. The number of carbonyl (C=O) groups excluding carboxylic acids is 1. The Balaban J connectivity index is 2.30. The average Bonchev–Trinajstić information content (AvgIpc) is 2.40. The molecule has 2 aromatic rings. The Bertz CT molecular complexity index is 514. The number of hydrogen-bond acceptors (Lipinski definition) is 3. The molecule has 0 fully saturated rings. The zero-order chi connectivity index (χ0) is 12.1. The van der Waals surface area contributed by atoms with Crippen LogP contribution in [0.2, 0.25) is 0 Å². The Hall–Kier alpha value is -1.81. The van der Waals surface area contributed by atoms with Crippen LogP contribution in [0.25, 0.3) is 0 Å². The fourth-order valence-electron chi connectivity index (χ4n) is 1.38. The van der Waals surface area contributed by atoms with Crippen LogP contribution in [0, 0.1) is 0 Å². The van der Waals surface area contributed by atoms with E-state index >= 15 is 0 Å². The van der Waals surface area contributed by atoms with E-state index < -0.39 is 0 Å². The topological polar surface area (TPSA) is 42.0 Å². The molecule has 0 atom stereocenters. The van der Waals surface area contributed by atoms with Crippen molar-refractivity contribution in [1.29, 1.82) is 0 Å². The van der Waals surface area contributed by atoms with Crippen LogP contribution in [0.15, 0.2) is 58.6 Å². The van der Waals surface area contributed by atoms with Crippen LogP contribution in [0.5, 0.6) is 0 Å². The third-order valence-electron chi connectivity index (χ3n) is 2.20. The van der Waals surface area contributed by atoms with E-state index in [1.807, 2.05) is 30.3 Å². The fourth-order valence-corrected chi connectivity index (χ4v) is 2.28. The summed E-state index contributed by atoms with van der Waals surface area (Å²) in [6.07, 6.45) is 1.69. The van der Waals surface area contributed by atoms with E-state index in [1.54, 1.807) is 25.4 Å². The van der Waals surface area contributed by atoms with E-state index in [-0.39, 0.29) is 5.91 Å². The van der Waals surface area contributed by atoms with E-state index in [4.69, 9.17) is 0 Å². The molecule has 0 aliphatic carbocycles. The lowest BCUT2D eigenvalue weighted by atomic mass is 10.3. The van der Waals surface area contributed by atoms with Crippen molar-refractivity contribution in [3.05, 3.63) is 54.2 Å². The number of rotatable bonds is 3. The molecule has 0 bridgehead atoms. The monoisotopic (exact) mass is 244 g/mol. The molecule has 0 radical (unpaired) electrons. The standard InChI is InChI=1S/C13H12N2OS/c1-14-12(16)11-8-5-9-15-13(11)17-10-6-3-2-4-7-10/h2-9H,1H3,(H,14,16). The number of hydrogen-bond donors (Lipinski definition) is 1. The summed E-state index contributed by atoms with van der Waals surface area (Å²) in [6.45, 7) is 0. The summed E-state index contributed by atoms with van der Waals surface area (Å²) < 4.78 is 0. The van der Waals surface area contributed by atoms with Gasteiger partial charge < -0.3 is 5.32 Å². The van der Waals surface area contributed by atoms with Crippen LogP contribution < -0.4 is 5.32 Å². The van der Waals surface area contributed by atoms with E-state index in [0.717, 1.165) is 9.92 Å². The number of aromatic nitrogens is 1. The molecule has 0 spiro atoms. The maximum absolute atomic E-state index is 11.7. The molecule has 0 saturated carbocycles. The first-order valence-electron chi connectivity index (χ1n) is 5.21. The molecule has 0 aliphatic rings. The van der Waals surface area contributed by atoms with Crippen molar-refractivity contribution in [2.75, 3.05) is 7.05 Å². The average molecular weight is 244 g/mol. The number of carbonyl (C=O) groups is 1. The highest BCUT2D eigenvalue weighted by Gasteiger charge is 2.11. The second-order valence-electron chi connectivity index (χ2n) is 3.35. The third-order valence-corrected chi connectivity index (χ3v) is 3.23. The second-order valence-corrected chi connectivity index (χ2v) is 4.41. The summed E-state index contributed by atoms with van der Waals surface area (Å²) in [4.78, 5) is 17.0. The Kier molecular flexibility index (Phi) is 3.77. The van der Waals surface area contributed by atoms with Crippen molar-refractivity contribution >= 4 is 17.7 Å². The molecule has 0 saturated heterocycles. The van der Waals surface area contributed by atoms with Gasteiger partial charge in [0.05, 0.1) is 5.56 Å². The molecular formula is C13H12N2OS. The van der Waals surface area contributed by atoms with Gasteiger partial charge in [0, 0.05) is 18.1 Å². The van der Waals surface area contributed by atoms with Gasteiger partial charge in [-0.2, -0.15) is 0 Å². The molecule has 2 rings (SSSR count). The molecule has 1 aromatic heterocycles. The highest BCUT2D eigenvalue weighted by atomic mass is 32.2. The first-order valence-corrected chi connectivity index (χ1v) is 6.03. The first kappa shape index (κ1) is 11.7. The van der Waals surface area contributed by atoms with E-state index in [0.29, 0.717) is 5.56 Å². The molecule has 1 heterocycles. The molecule has 86 valence electrons. The summed E-state index contributed by atoms with van der Waals surface area (Å²) >= 11 is 1.49. The van der Waals surface area contributed by atoms with E-state index in [2.05, 4.69) is 10.3 Å². The molecule has 17 heavy (non-hydrogen) atoms. The van der Waals surface area contributed by atoms with Crippen LogP contribution in [0.3, 0.4) is 0 Å². The molecule has 1 aromatic carbocycles. The maximum atomic E-state index is 11.7. The number of amides is 1. The predicted molar refractivity (Wildman–Crippen MR) is 68.2 cm³/mol. The van der Waals surface area contributed by atoms with Gasteiger partial charge in [-0.05, 0) is 24.3 Å². The van der Waals surface area contributed by atoms with E-state index in [1.165, 1.54) is 11.8 Å². The number of benzene rings is 1. The summed E-state index contributed by atoms with van der Waals surface area (Å²) in [5.41, 5.74) is 0.601. The summed E-state index contributed by atoms with van der Waals surface area (Å²) in [5, 5.41) is 3.34. The number of pyridine rings is 1. The van der Waals surface area contributed by atoms with E-state index in [9.17, 15) is 4.79 Å². The van der Waals surface area contributed by atoms with Crippen LogP contribution in [-0.4, -0.2) is 17.9 Å². The van der Waals surface area contributed by atoms with Crippen molar-refractivity contribution in [2.45, 2.75) is 9.92 Å². The molecule has 4 heteroatoms. The van der Waals surface area contributed by atoms with Gasteiger partial charge in [-0.15, -0.1) is 0 Å². The number of nitrogens with zero attached hydrogens (tertiary/aromatic N) is 1. The summed E-state index contributed by atoms with van der Waals surface area (Å²) in [6, 6.07) is 13.4. The van der Waals surface area contributed by atoms with Crippen molar-refractivity contribution in [2.24, 2.45) is 0 Å². The van der Waals surface area contributed by atoms with Gasteiger partial charge in [-0.1, -0.05) is 30.0 Å². The lowest BCUT2D eigenvalue weighted by molar-refractivity contribution is 0.0959. The van der Waals surface area contributed by atoms with Crippen LogP contribution in [-0.2, 0) is 0 Å². The zero-order valence-electron chi connectivity index (χ0n) is 9.38. The minimum absolute atomic E-state index is 0.114. The Labute approximate surface area is 104 Å². The minimum atomic E-state index is -0.114. The molecular weight excluding hydrogens is 232 g/mol. The highest BCUT2D eigenvalue weighted by molar-refractivity contribution is 7.99. The fraction of sp³-hybridized carbons (Fsp3) is 0.0769. The molecule has 0 aliphatic heterocycles. The van der Waals surface area contributed by atoms with Crippen molar-refractivity contribution in [3.8, 4) is 0 Å². The predicted octanol–water partition coefficient (Wildman–Crippen LogP) is 2.59. The lowest BCUT2D eigenvalue weighted by Gasteiger charge is -2.06. The lowest BCUT2D eigenvalue weighted by Crippen LogP contribution is -2.18. The Morgan fingerprint density at radius 2 is 1.94 bits per heavy atom. The Morgan fingerprint density at radius 3 is 2.65 bits per heavy atom. The molecule has 1 amide bonds. The van der Waals surface area contributed by atoms with Gasteiger partial charge in [0.25, 0.3) is 5.91 Å². The maximum Gasteiger partial charge on any atom is 0.253 e. The smallest absolute Gasteiger partial charge is 0.253 e. The van der Waals surface area contributed by atoms with Crippen molar-refractivity contribution in [3.63, 3.8) is 0 Å². The quantitative estimate of drug-likeness (QED) is 0.902. The van der Waals surface area contributed by atoms with Crippen LogP contribution >= 0.6 is 11.8 Å². The van der Waals surface area contributed by atoms with Crippen molar-refractivity contribution < 1.29 is 4.79 Å². The summed E-state index contributed by atoms with van der Waals surface area (Å²) in [5.74, 6) is -0.114. The van der Waals surface area contributed by atoms with Gasteiger partial charge in [-0.25, -0.2) is 4.98 Å². The van der Waals surface area contributed by atoms with Gasteiger partial charge >= 0.3 is 0 Å². The summed E-state index contributed by atoms with van der Waals surface area (Å²) in [7, 11) is 1.62. The first-order chi connectivity index (χ1) is 8.31.